The van der Waals surface area contributed by atoms with Crippen LogP contribution in [-0.4, -0.2) is 0 Å². The van der Waals surface area contributed by atoms with E-state index in [0.717, 1.165) is 0 Å². The summed E-state index contributed by atoms with van der Waals surface area (Å²) in [6.45, 7) is 13.4. The molecular formula is C42H44ClP2Pd+. The molecule has 6 aromatic carbocycles. The Morgan fingerprint density at radius 2 is 0.391 bits per heavy atom. The van der Waals surface area contributed by atoms with E-state index in [1.54, 1.807) is 0 Å². The molecule has 0 saturated heterocycles. The molecule has 0 N–H and O–H groups in total. The number of halogens is 1. The zero-order valence-corrected chi connectivity index (χ0v) is 31.9. The van der Waals surface area contributed by atoms with Crippen LogP contribution in [0.5, 0.6) is 0 Å². The maximum atomic E-state index is 2.31. The molecule has 0 saturated carbocycles. The maximum Gasteiger partial charge on any atom is 0.105 e. The van der Waals surface area contributed by atoms with Crippen LogP contribution in [0, 0.1) is 41.5 Å². The Balaban J connectivity index is 0.000000240. The second-order valence-corrected chi connectivity index (χ2v) is 16.4. The summed E-state index contributed by atoms with van der Waals surface area (Å²) in [6.07, 6.45) is 0. The van der Waals surface area contributed by atoms with Crippen molar-refractivity contribution in [3.8, 4) is 0 Å². The summed E-state index contributed by atoms with van der Waals surface area (Å²) in [5.41, 5.74) is 8.35. The first-order valence-electron chi connectivity index (χ1n) is 15.5. The molecule has 0 spiro atoms. The van der Waals surface area contributed by atoms with Crippen molar-refractivity contribution in [2.75, 3.05) is 0 Å². The van der Waals surface area contributed by atoms with E-state index in [1.807, 2.05) is 0 Å². The zero-order chi connectivity index (χ0) is 31.1. The van der Waals surface area contributed by atoms with Gasteiger partial charge in [-0.25, -0.2) is 0 Å². The van der Waals surface area contributed by atoms with Gasteiger partial charge in [-0.3, -0.25) is 0 Å². The summed E-state index contributed by atoms with van der Waals surface area (Å²) in [7, 11) is -1.94. The molecule has 0 radical (unpaired) electrons. The van der Waals surface area contributed by atoms with Gasteiger partial charge >= 0.3 is 0 Å². The fourth-order valence-corrected chi connectivity index (χ4v) is 12.2. The van der Waals surface area contributed by atoms with Crippen LogP contribution in [-0.2, 0) is 20.4 Å². The molecule has 0 atom stereocenters. The van der Waals surface area contributed by atoms with Crippen LogP contribution < -0.4 is 44.2 Å². The third-order valence-electron chi connectivity index (χ3n) is 8.49. The predicted molar refractivity (Wildman–Crippen MR) is 202 cm³/mol. The summed E-state index contributed by atoms with van der Waals surface area (Å²) < 4.78 is 0. The van der Waals surface area contributed by atoms with Gasteiger partial charge in [0.05, 0.1) is 15.8 Å². The quantitative estimate of drug-likeness (QED) is 0.162. The first kappa shape index (κ1) is 37.6. The SMILES string of the molecule is Cc1ccccc1[PH+](c1ccccc1C)c1ccccc1C.Cc1ccccc1[PH+](c1ccccc1C)c1ccccc1C.[Cl-].[Pd]. The van der Waals surface area contributed by atoms with E-state index in [-0.39, 0.29) is 32.8 Å². The van der Waals surface area contributed by atoms with Gasteiger partial charge in [0.2, 0.25) is 0 Å². The molecule has 0 aromatic heterocycles. The van der Waals surface area contributed by atoms with Crippen molar-refractivity contribution in [3.63, 3.8) is 0 Å². The fraction of sp³-hybridized carbons (Fsp3) is 0.143. The zero-order valence-electron chi connectivity index (χ0n) is 27.6. The number of hydrogen-bond acceptors (Lipinski definition) is 0. The largest absolute Gasteiger partial charge is 1.00 e. The standard InChI is InChI=1S/2C21H21P.ClH.Pd/c2*1-16-10-4-7-13-19(16)22(20-14-8-5-11-17(20)2)21-15-9-6-12-18(21)3;;/h2*4-15H,1-3H3;1H;/p+1. The van der Waals surface area contributed by atoms with E-state index in [1.165, 1.54) is 65.2 Å². The number of benzene rings is 6. The molecule has 6 rings (SSSR count). The van der Waals surface area contributed by atoms with Gasteiger partial charge in [-0.15, -0.1) is 0 Å². The van der Waals surface area contributed by atoms with E-state index in [0.29, 0.717) is 0 Å². The van der Waals surface area contributed by atoms with Crippen molar-refractivity contribution in [1.29, 1.82) is 0 Å². The second kappa shape index (κ2) is 17.9. The normalized spacial score (nSPS) is 10.4. The minimum atomic E-state index is -0.968. The van der Waals surface area contributed by atoms with Gasteiger partial charge in [0.15, 0.2) is 0 Å². The van der Waals surface area contributed by atoms with Crippen molar-refractivity contribution in [3.05, 3.63) is 179 Å². The molecule has 0 fully saturated rings. The summed E-state index contributed by atoms with van der Waals surface area (Å²) in [5, 5.41) is 8.98. The molecule has 0 amide bonds. The van der Waals surface area contributed by atoms with Gasteiger partial charge in [-0.1, -0.05) is 109 Å². The molecule has 0 aliphatic rings. The number of hydrogen-bond donors (Lipinski definition) is 0. The maximum absolute atomic E-state index is 2.31. The van der Waals surface area contributed by atoms with Gasteiger partial charge in [0.1, 0.15) is 31.8 Å². The summed E-state index contributed by atoms with van der Waals surface area (Å²) in [4.78, 5) is 0. The average Bonchev–Trinajstić information content (AvgIpc) is 3.03. The Morgan fingerprint density at radius 1 is 0.261 bits per heavy atom. The van der Waals surface area contributed by atoms with Gasteiger partial charge in [-0.05, 0) is 111 Å². The minimum Gasteiger partial charge on any atom is -1.00 e. The van der Waals surface area contributed by atoms with Crippen LogP contribution >= 0.6 is 15.8 Å². The predicted octanol–water partition coefficient (Wildman–Crippen LogP) is 5.21. The first-order valence-corrected chi connectivity index (χ1v) is 18.5. The molecule has 0 aliphatic carbocycles. The monoisotopic (exact) mass is 751 g/mol. The third-order valence-corrected chi connectivity index (χ3v) is 15.1. The van der Waals surface area contributed by atoms with Crippen LogP contribution in [0.25, 0.3) is 0 Å². The van der Waals surface area contributed by atoms with Crippen LogP contribution in [0.3, 0.4) is 0 Å². The molecule has 0 aliphatic heterocycles. The van der Waals surface area contributed by atoms with Gasteiger partial charge in [-0.2, -0.15) is 0 Å². The Morgan fingerprint density at radius 3 is 0.522 bits per heavy atom. The van der Waals surface area contributed by atoms with E-state index < -0.39 is 15.8 Å². The van der Waals surface area contributed by atoms with E-state index in [2.05, 4.69) is 187 Å². The van der Waals surface area contributed by atoms with Crippen molar-refractivity contribution < 1.29 is 32.8 Å². The molecule has 238 valence electrons. The Hall–Kier alpha value is -2.87. The van der Waals surface area contributed by atoms with Gasteiger partial charge in [0, 0.05) is 20.4 Å². The molecule has 0 bridgehead atoms. The van der Waals surface area contributed by atoms with Crippen LogP contribution in [0.4, 0.5) is 0 Å². The van der Waals surface area contributed by atoms with Crippen molar-refractivity contribution in [2.24, 2.45) is 0 Å². The Labute approximate surface area is 299 Å². The summed E-state index contributed by atoms with van der Waals surface area (Å²) in [5.74, 6) is 0. The summed E-state index contributed by atoms with van der Waals surface area (Å²) in [6, 6.07) is 53.1. The Kier molecular flexibility index (Phi) is 14.6. The molecule has 46 heavy (non-hydrogen) atoms. The van der Waals surface area contributed by atoms with Crippen molar-refractivity contribution in [1.82, 2.24) is 0 Å². The smallest absolute Gasteiger partial charge is 0.105 e. The number of aryl methyl sites for hydroxylation is 6. The molecule has 0 heterocycles. The molecule has 0 nitrogen and oxygen atoms in total. The van der Waals surface area contributed by atoms with Gasteiger partial charge < -0.3 is 12.4 Å². The van der Waals surface area contributed by atoms with Gasteiger partial charge in [0.25, 0.3) is 0 Å². The van der Waals surface area contributed by atoms with E-state index >= 15 is 0 Å². The second-order valence-electron chi connectivity index (χ2n) is 11.6. The van der Waals surface area contributed by atoms with Crippen molar-refractivity contribution in [2.45, 2.75) is 41.5 Å². The van der Waals surface area contributed by atoms with Crippen LogP contribution in [0.15, 0.2) is 146 Å². The fourth-order valence-electron chi connectivity index (χ4n) is 5.99. The van der Waals surface area contributed by atoms with E-state index in [9.17, 15) is 0 Å². The molecule has 6 aromatic rings. The third kappa shape index (κ3) is 8.73. The van der Waals surface area contributed by atoms with Crippen LogP contribution in [0.1, 0.15) is 33.4 Å². The average molecular weight is 753 g/mol. The van der Waals surface area contributed by atoms with Crippen LogP contribution in [0.2, 0.25) is 0 Å². The topological polar surface area (TPSA) is 0 Å². The summed E-state index contributed by atoms with van der Waals surface area (Å²) >= 11 is 0. The van der Waals surface area contributed by atoms with Crippen molar-refractivity contribution >= 4 is 47.7 Å². The first-order chi connectivity index (χ1) is 21.4. The number of rotatable bonds is 6. The van der Waals surface area contributed by atoms with E-state index in [4.69, 9.17) is 0 Å². The Bertz CT molecular complexity index is 1510. The minimum absolute atomic E-state index is 0. The molecule has 0 unspecified atom stereocenters. The molecule has 4 heteroatoms. The molecular weight excluding hydrogens is 708 g/mol.